The number of carbonyl (C=O) groups is 1. The van der Waals surface area contributed by atoms with E-state index in [1.165, 1.54) is 0 Å². The van der Waals surface area contributed by atoms with Crippen LogP contribution in [0.15, 0.2) is 0 Å². The molecule has 1 aliphatic heterocycles. The Morgan fingerprint density at radius 1 is 1.00 bits per heavy atom. The van der Waals surface area contributed by atoms with Crippen molar-refractivity contribution >= 4 is 13.1 Å². The molecule has 0 N–H and O–H groups in total. The summed E-state index contributed by atoms with van der Waals surface area (Å²) in [6.45, 7) is 7.28. The summed E-state index contributed by atoms with van der Waals surface area (Å²) in [6, 6.07) is 0. The van der Waals surface area contributed by atoms with E-state index < -0.39 is 18.8 Å². The van der Waals surface area contributed by atoms with Gasteiger partial charge in [-0.05, 0) is 40.5 Å². The molecular weight excluding hydrogens is 251 g/mol. The largest absolute Gasteiger partial charge is 0.398 e. The molecule has 104 valence electrons. The maximum Gasteiger partial charge on any atom is 0.398 e. The minimum atomic E-state index is -3.61. The van der Waals surface area contributed by atoms with E-state index >= 15 is 0 Å². The minimum absolute atomic E-state index is 0.144. The average molecular weight is 274 g/mol. The van der Waals surface area contributed by atoms with Crippen molar-refractivity contribution in [3.63, 3.8) is 0 Å². The highest BCUT2D eigenvalue weighted by Crippen LogP contribution is 2.65. The van der Waals surface area contributed by atoms with Gasteiger partial charge >= 0.3 is 7.60 Å². The monoisotopic (exact) mass is 274 g/mol. The molecule has 2 aliphatic rings. The predicted molar refractivity (Wildman–Crippen MR) is 69.5 cm³/mol. The van der Waals surface area contributed by atoms with Crippen molar-refractivity contribution in [2.45, 2.75) is 71.0 Å². The lowest BCUT2D eigenvalue weighted by atomic mass is 9.90. The van der Waals surface area contributed by atoms with Gasteiger partial charge in [-0.25, -0.2) is 0 Å². The van der Waals surface area contributed by atoms with E-state index in [9.17, 15) is 9.36 Å². The quantitative estimate of drug-likeness (QED) is 0.717. The highest BCUT2D eigenvalue weighted by Gasteiger charge is 2.59. The molecule has 2 fully saturated rings. The van der Waals surface area contributed by atoms with Gasteiger partial charge in [0, 0.05) is 5.92 Å². The molecule has 0 atom stereocenters. The standard InChI is InChI=1S/C13H23O4P/c1-12(2)13(3,4)17-18(15,16-12)11(14)10-8-6-5-7-9-10/h10H,5-9H2,1-4H3. The van der Waals surface area contributed by atoms with Crippen LogP contribution in [0.5, 0.6) is 0 Å². The predicted octanol–water partition coefficient (Wildman–Crippen LogP) is 3.89. The Labute approximate surface area is 109 Å². The molecule has 0 amide bonds. The SMILES string of the molecule is CC1(C)OP(=O)(C(=O)C2CCCCC2)OC1(C)C. The Balaban J connectivity index is 2.18. The van der Waals surface area contributed by atoms with E-state index in [0.29, 0.717) is 0 Å². The van der Waals surface area contributed by atoms with Gasteiger partial charge in [-0.1, -0.05) is 19.3 Å². The van der Waals surface area contributed by atoms with Crippen LogP contribution in [0.4, 0.5) is 0 Å². The minimum Gasteiger partial charge on any atom is -0.294 e. The first-order valence-electron chi connectivity index (χ1n) is 6.74. The zero-order valence-electron chi connectivity index (χ0n) is 11.7. The normalized spacial score (nSPS) is 30.2. The highest BCUT2D eigenvalue weighted by atomic mass is 31.2. The van der Waals surface area contributed by atoms with Crippen molar-refractivity contribution in [3.8, 4) is 0 Å². The van der Waals surface area contributed by atoms with Gasteiger partial charge in [0.1, 0.15) is 11.2 Å². The first-order chi connectivity index (χ1) is 8.18. The lowest BCUT2D eigenvalue weighted by Crippen LogP contribution is -2.41. The van der Waals surface area contributed by atoms with E-state index in [-0.39, 0.29) is 11.4 Å². The van der Waals surface area contributed by atoms with Crippen LogP contribution in [-0.2, 0) is 18.4 Å². The van der Waals surface area contributed by atoms with Crippen molar-refractivity contribution in [3.05, 3.63) is 0 Å². The topological polar surface area (TPSA) is 52.6 Å². The van der Waals surface area contributed by atoms with Gasteiger partial charge in [0.15, 0.2) is 0 Å². The van der Waals surface area contributed by atoms with Crippen LogP contribution in [0.1, 0.15) is 59.8 Å². The van der Waals surface area contributed by atoms with Gasteiger partial charge in [0.05, 0.1) is 0 Å². The van der Waals surface area contributed by atoms with Crippen LogP contribution < -0.4 is 0 Å². The Morgan fingerprint density at radius 3 is 1.89 bits per heavy atom. The van der Waals surface area contributed by atoms with Crippen molar-refractivity contribution in [2.75, 3.05) is 0 Å². The van der Waals surface area contributed by atoms with Crippen molar-refractivity contribution in [1.29, 1.82) is 0 Å². The van der Waals surface area contributed by atoms with Gasteiger partial charge in [-0.2, -0.15) is 0 Å². The molecular formula is C13H23O4P. The maximum absolute atomic E-state index is 12.6. The summed E-state index contributed by atoms with van der Waals surface area (Å²) < 4.78 is 23.8. The molecule has 0 radical (unpaired) electrons. The maximum atomic E-state index is 12.6. The molecule has 1 saturated carbocycles. The van der Waals surface area contributed by atoms with Crippen LogP contribution in [0.3, 0.4) is 0 Å². The summed E-state index contributed by atoms with van der Waals surface area (Å²) in [5.74, 6) is -0.144. The Hall–Kier alpha value is -0.180. The van der Waals surface area contributed by atoms with Gasteiger partial charge in [0.2, 0.25) is 5.52 Å². The van der Waals surface area contributed by atoms with Gasteiger partial charge in [-0.15, -0.1) is 0 Å². The highest BCUT2D eigenvalue weighted by molar-refractivity contribution is 7.72. The molecule has 0 aromatic carbocycles. The van der Waals surface area contributed by atoms with Gasteiger partial charge < -0.3 is 0 Å². The van der Waals surface area contributed by atoms with E-state index in [1.54, 1.807) is 0 Å². The summed E-state index contributed by atoms with van der Waals surface area (Å²) >= 11 is 0. The molecule has 0 aromatic heterocycles. The number of rotatable bonds is 2. The molecule has 0 aromatic rings. The fraction of sp³-hybridized carbons (Fsp3) is 0.923. The molecule has 0 unspecified atom stereocenters. The molecule has 1 heterocycles. The van der Waals surface area contributed by atoms with Gasteiger partial charge in [-0.3, -0.25) is 18.4 Å². The van der Waals surface area contributed by atoms with E-state index in [4.69, 9.17) is 9.05 Å². The molecule has 5 heteroatoms. The Kier molecular flexibility index (Phi) is 3.50. The summed E-state index contributed by atoms with van der Waals surface area (Å²) in [5.41, 5.74) is -1.71. The van der Waals surface area contributed by atoms with Crippen molar-refractivity contribution in [1.82, 2.24) is 0 Å². The second kappa shape index (κ2) is 4.43. The number of hydrogen-bond acceptors (Lipinski definition) is 4. The zero-order valence-corrected chi connectivity index (χ0v) is 12.6. The lowest BCUT2D eigenvalue weighted by Gasteiger charge is -2.29. The molecule has 4 nitrogen and oxygen atoms in total. The third-order valence-corrected chi connectivity index (χ3v) is 6.67. The third kappa shape index (κ3) is 2.31. The molecule has 2 rings (SSSR count). The van der Waals surface area contributed by atoms with Crippen LogP contribution in [0, 0.1) is 5.92 Å². The zero-order chi connectivity index (χ0) is 13.6. The molecule has 18 heavy (non-hydrogen) atoms. The fourth-order valence-electron chi connectivity index (χ4n) is 2.50. The Morgan fingerprint density at radius 2 is 1.44 bits per heavy atom. The first kappa shape index (κ1) is 14.2. The number of hydrogen-bond donors (Lipinski definition) is 0. The van der Waals surface area contributed by atoms with Crippen LogP contribution in [0.25, 0.3) is 0 Å². The smallest absolute Gasteiger partial charge is 0.294 e. The molecule has 1 aliphatic carbocycles. The lowest BCUT2D eigenvalue weighted by molar-refractivity contribution is -0.118. The third-order valence-electron chi connectivity index (χ3n) is 4.37. The molecule has 0 bridgehead atoms. The first-order valence-corrected chi connectivity index (χ1v) is 8.28. The Bertz CT molecular complexity index is 374. The summed E-state index contributed by atoms with van der Waals surface area (Å²) in [5, 5.41) is 0. The van der Waals surface area contributed by atoms with E-state index in [2.05, 4.69) is 0 Å². The van der Waals surface area contributed by atoms with Crippen LogP contribution >= 0.6 is 7.60 Å². The van der Waals surface area contributed by atoms with Crippen LogP contribution in [0.2, 0.25) is 0 Å². The average Bonchev–Trinajstić information content (AvgIpc) is 2.44. The van der Waals surface area contributed by atoms with Crippen molar-refractivity contribution < 1.29 is 18.4 Å². The van der Waals surface area contributed by atoms with Crippen molar-refractivity contribution in [2.24, 2.45) is 5.92 Å². The van der Waals surface area contributed by atoms with E-state index in [0.717, 1.165) is 32.1 Å². The van der Waals surface area contributed by atoms with E-state index in [1.807, 2.05) is 27.7 Å². The van der Waals surface area contributed by atoms with Gasteiger partial charge in [0.25, 0.3) is 0 Å². The second-order valence-corrected chi connectivity index (χ2v) is 8.17. The molecule has 0 spiro atoms. The second-order valence-electron chi connectivity index (χ2n) is 6.37. The fourth-order valence-corrected chi connectivity index (χ4v) is 5.07. The van der Waals surface area contributed by atoms with Crippen LogP contribution in [-0.4, -0.2) is 16.7 Å². The summed E-state index contributed by atoms with van der Waals surface area (Å²) in [4.78, 5) is 12.4. The number of carbonyl (C=O) groups excluding carboxylic acids is 1. The summed E-state index contributed by atoms with van der Waals surface area (Å²) in [6.07, 6.45) is 4.85. The molecule has 1 saturated heterocycles. The summed E-state index contributed by atoms with van der Waals surface area (Å²) in [7, 11) is -3.61.